The molecule has 20 nitrogen and oxygen atoms in total. The van der Waals surface area contributed by atoms with Crippen LogP contribution >= 0.6 is 0 Å². The molecule has 7 atom stereocenters. The topological polar surface area (TPSA) is 355 Å². The number of aryl methyl sites for hydroxylation is 1. The number of aliphatic hydroxyl groups excluding tert-OH is 1. The maximum Gasteiger partial charge on any atom is 0.245 e. The fourth-order valence-electron chi connectivity index (χ4n) is 5.63. The molecule has 320 valence electrons. The lowest BCUT2D eigenvalue weighted by Crippen LogP contribution is -2.59. The Bertz CT molecular complexity index is 1650. The van der Waals surface area contributed by atoms with E-state index in [0.717, 1.165) is 17.5 Å². The Morgan fingerprint density at radius 1 is 0.672 bits per heavy atom. The van der Waals surface area contributed by atoms with Gasteiger partial charge in [-0.1, -0.05) is 43.3 Å². The number of primary amides is 1. The molecule has 0 saturated carbocycles. The Morgan fingerprint density at radius 3 is 1.74 bits per heavy atom. The van der Waals surface area contributed by atoms with Crippen molar-refractivity contribution in [2.24, 2.45) is 28.7 Å². The summed E-state index contributed by atoms with van der Waals surface area (Å²) in [5.74, 6) is -5.24. The number of amides is 7. The molecule has 58 heavy (non-hydrogen) atoms. The lowest BCUT2D eigenvalue weighted by molar-refractivity contribution is -0.134. The molecule has 0 radical (unpaired) electrons. The number of pyridine rings is 1. The number of benzene rings is 1. The van der Waals surface area contributed by atoms with E-state index in [4.69, 9.17) is 28.7 Å². The molecule has 0 saturated heterocycles. The summed E-state index contributed by atoms with van der Waals surface area (Å²) < 4.78 is 0. The molecule has 0 aliphatic heterocycles. The zero-order valence-corrected chi connectivity index (χ0v) is 33.1. The molecule has 0 unspecified atom stereocenters. The third-order valence-corrected chi connectivity index (χ3v) is 9.02. The van der Waals surface area contributed by atoms with Crippen LogP contribution in [0.15, 0.2) is 48.7 Å². The predicted octanol–water partition coefficient (Wildman–Crippen LogP) is -4.40. The van der Waals surface area contributed by atoms with Gasteiger partial charge >= 0.3 is 0 Å². The SMILES string of the molecule is CCc1ccc(CC(=O)N[C@@H](CCNC(=O)[C@@H](NC(=O)[C@H](CCN)NC(=O)[C@@H](N)CCN)[C@@H](C)O)C(=O)N[C@@H](CCN)C(=O)N[C@H](Cc2ccccc2)C(N)=O)nc1. The molecule has 7 amide bonds. The number of nitrogens with zero attached hydrogens (tertiary/aromatic N) is 1. The van der Waals surface area contributed by atoms with E-state index in [1.54, 1.807) is 42.6 Å². The number of carbonyl (C=O) groups excluding carboxylic acids is 7. The first-order valence-corrected chi connectivity index (χ1v) is 19.2. The van der Waals surface area contributed by atoms with E-state index in [1.807, 2.05) is 13.0 Å². The first-order valence-electron chi connectivity index (χ1n) is 19.2. The minimum Gasteiger partial charge on any atom is -0.391 e. The van der Waals surface area contributed by atoms with Crippen LogP contribution in [0.2, 0.25) is 0 Å². The second-order valence-corrected chi connectivity index (χ2v) is 13.7. The summed E-state index contributed by atoms with van der Waals surface area (Å²) in [7, 11) is 0. The number of carbonyl (C=O) groups is 7. The van der Waals surface area contributed by atoms with Crippen molar-refractivity contribution in [2.75, 3.05) is 26.2 Å². The van der Waals surface area contributed by atoms with Crippen LogP contribution in [-0.4, -0.2) is 120 Å². The number of rotatable bonds is 26. The molecule has 0 aliphatic carbocycles. The third-order valence-electron chi connectivity index (χ3n) is 9.02. The molecule has 20 heteroatoms. The van der Waals surface area contributed by atoms with Crippen molar-refractivity contribution < 1.29 is 38.7 Å². The smallest absolute Gasteiger partial charge is 0.245 e. The van der Waals surface area contributed by atoms with Crippen molar-refractivity contribution in [2.45, 2.75) is 101 Å². The molecular formula is C38H60N12O8. The van der Waals surface area contributed by atoms with Gasteiger partial charge in [0.25, 0.3) is 0 Å². The van der Waals surface area contributed by atoms with Crippen LogP contribution in [0.4, 0.5) is 0 Å². The lowest BCUT2D eigenvalue weighted by Gasteiger charge is -2.26. The summed E-state index contributed by atoms with van der Waals surface area (Å²) >= 11 is 0. The summed E-state index contributed by atoms with van der Waals surface area (Å²) in [6.45, 7) is 3.07. The minimum atomic E-state index is -1.51. The fraction of sp³-hybridized carbons (Fsp3) is 0.526. The molecule has 0 bridgehead atoms. The van der Waals surface area contributed by atoms with Gasteiger partial charge in [-0.05, 0) is 75.9 Å². The van der Waals surface area contributed by atoms with Gasteiger partial charge in [0.2, 0.25) is 41.4 Å². The summed E-state index contributed by atoms with van der Waals surface area (Å²) in [5, 5.41) is 25.7. The summed E-state index contributed by atoms with van der Waals surface area (Å²) in [5.41, 5.74) is 30.4. The van der Waals surface area contributed by atoms with Crippen LogP contribution in [0, 0.1) is 0 Å². The van der Waals surface area contributed by atoms with Crippen molar-refractivity contribution >= 4 is 41.4 Å². The van der Waals surface area contributed by atoms with Gasteiger partial charge in [-0.3, -0.25) is 38.5 Å². The van der Waals surface area contributed by atoms with E-state index in [9.17, 15) is 38.7 Å². The van der Waals surface area contributed by atoms with Crippen molar-refractivity contribution in [1.82, 2.24) is 36.9 Å². The number of nitrogens with one attached hydrogen (secondary N) is 6. The number of aliphatic hydroxyl groups is 1. The van der Waals surface area contributed by atoms with Gasteiger partial charge in [-0.2, -0.15) is 0 Å². The Morgan fingerprint density at radius 2 is 1.22 bits per heavy atom. The van der Waals surface area contributed by atoms with Gasteiger partial charge < -0.3 is 65.7 Å². The second-order valence-electron chi connectivity index (χ2n) is 13.7. The van der Waals surface area contributed by atoms with E-state index in [0.29, 0.717) is 5.69 Å². The van der Waals surface area contributed by atoms with Crippen molar-refractivity contribution in [3.05, 3.63) is 65.5 Å². The minimum absolute atomic E-state index is 0.00146. The third kappa shape index (κ3) is 16.9. The largest absolute Gasteiger partial charge is 0.391 e. The van der Waals surface area contributed by atoms with Crippen LogP contribution in [0.25, 0.3) is 0 Å². The van der Waals surface area contributed by atoms with Crippen LogP contribution in [0.3, 0.4) is 0 Å². The highest BCUT2D eigenvalue weighted by molar-refractivity contribution is 5.95. The van der Waals surface area contributed by atoms with E-state index >= 15 is 0 Å². The van der Waals surface area contributed by atoms with Gasteiger partial charge in [-0.25, -0.2) is 0 Å². The van der Waals surface area contributed by atoms with E-state index in [-0.39, 0.29) is 64.7 Å². The molecule has 0 spiro atoms. The van der Waals surface area contributed by atoms with Gasteiger partial charge in [-0.15, -0.1) is 0 Å². The summed E-state index contributed by atoms with van der Waals surface area (Å²) in [6, 6.07) is 5.02. The molecule has 1 aromatic carbocycles. The normalized spacial score (nSPS) is 14.6. The zero-order valence-electron chi connectivity index (χ0n) is 33.1. The molecular weight excluding hydrogens is 752 g/mol. The lowest BCUT2D eigenvalue weighted by atomic mass is 10.0. The maximum absolute atomic E-state index is 13.8. The van der Waals surface area contributed by atoms with Crippen molar-refractivity contribution in [1.29, 1.82) is 0 Å². The summed E-state index contributed by atoms with van der Waals surface area (Å²) in [4.78, 5) is 95.8. The van der Waals surface area contributed by atoms with Crippen molar-refractivity contribution in [3.63, 3.8) is 0 Å². The fourth-order valence-corrected chi connectivity index (χ4v) is 5.63. The second kappa shape index (κ2) is 25.7. The first-order chi connectivity index (χ1) is 27.6. The predicted molar refractivity (Wildman–Crippen MR) is 215 cm³/mol. The highest BCUT2D eigenvalue weighted by Gasteiger charge is 2.32. The van der Waals surface area contributed by atoms with Crippen LogP contribution < -0.4 is 60.6 Å². The van der Waals surface area contributed by atoms with Crippen molar-refractivity contribution in [3.8, 4) is 0 Å². The molecule has 2 rings (SSSR count). The average molecular weight is 813 g/mol. The molecule has 0 fully saturated rings. The van der Waals surface area contributed by atoms with E-state index < -0.39 is 83.7 Å². The highest BCUT2D eigenvalue weighted by atomic mass is 16.3. The Balaban J connectivity index is 2.23. The molecule has 17 N–H and O–H groups in total. The highest BCUT2D eigenvalue weighted by Crippen LogP contribution is 2.07. The van der Waals surface area contributed by atoms with Gasteiger partial charge in [0, 0.05) is 24.9 Å². The van der Waals surface area contributed by atoms with E-state index in [1.165, 1.54) is 6.92 Å². The molecule has 1 aromatic heterocycles. The quantitative estimate of drug-likeness (QED) is 0.0428. The monoisotopic (exact) mass is 812 g/mol. The average Bonchev–Trinajstić information content (AvgIpc) is 3.19. The number of nitrogens with two attached hydrogens (primary N) is 5. The van der Waals surface area contributed by atoms with Crippen LogP contribution in [0.1, 0.15) is 56.4 Å². The number of aromatic nitrogens is 1. The number of hydrogen-bond acceptors (Lipinski definition) is 13. The Kier molecular flexibility index (Phi) is 21.5. The molecule has 2 aromatic rings. The summed E-state index contributed by atoms with van der Waals surface area (Å²) in [6.07, 6.45) is 0.762. The molecule has 0 aliphatic rings. The zero-order chi connectivity index (χ0) is 43.2. The van der Waals surface area contributed by atoms with Gasteiger partial charge in [0.05, 0.1) is 18.6 Å². The van der Waals surface area contributed by atoms with Gasteiger partial charge in [0.15, 0.2) is 0 Å². The Hall–Kier alpha value is -5.54. The number of hydrogen-bond donors (Lipinski definition) is 12. The standard InChI is InChI=1S/C38H60N12O8/c1-3-23-9-10-25(45-21-23)20-31(52)46-29(36(56)48-27(12-16-40)35(55)49-30(33(43)53)19-24-7-5-4-6-8-24)14-18-44-38(58)32(22(2)51)50-37(57)28(13-17-41)47-34(54)26(42)11-15-39/h4-10,21-22,26-30,32,51H,3,11-20,39-42H2,1-2H3,(H2,43,53)(H,44,58)(H,46,52)(H,47,54)(H,48,56)(H,49,55)(H,50,57)/t22-,26+,27+,28+,29+,30-,32+/m1/s1. The maximum atomic E-state index is 13.8. The van der Waals surface area contributed by atoms with E-state index in [2.05, 4.69) is 36.9 Å². The van der Waals surface area contributed by atoms with Crippen LogP contribution in [0.5, 0.6) is 0 Å². The van der Waals surface area contributed by atoms with Gasteiger partial charge in [0.1, 0.15) is 30.2 Å². The first kappa shape index (κ1) is 48.6. The molecule has 1 heterocycles. The Labute approximate surface area is 337 Å². The van der Waals surface area contributed by atoms with Crippen LogP contribution in [-0.2, 0) is 52.8 Å².